The predicted molar refractivity (Wildman–Crippen MR) is 127 cm³/mol. The van der Waals surface area contributed by atoms with Crippen molar-refractivity contribution in [3.63, 3.8) is 0 Å². The van der Waals surface area contributed by atoms with Crippen molar-refractivity contribution in [2.75, 3.05) is 13.1 Å². The summed E-state index contributed by atoms with van der Waals surface area (Å²) in [6.45, 7) is 2.61. The van der Waals surface area contributed by atoms with Crippen molar-refractivity contribution in [2.45, 2.75) is 31.5 Å². The van der Waals surface area contributed by atoms with Crippen LogP contribution in [-0.2, 0) is 6.54 Å². The molecule has 0 aliphatic carbocycles. The van der Waals surface area contributed by atoms with Crippen molar-refractivity contribution in [1.29, 1.82) is 0 Å². The number of hydrogen-bond acceptors (Lipinski definition) is 5. The first-order valence-corrected chi connectivity index (χ1v) is 11.3. The first kappa shape index (κ1) is 21.2. The number of amides is 2. The molecule has 168 valence electrons. The van der Waals surface area contributed by atoms with Crippen molar-refractivity contribution in [3.05, 3.63) is 95.8 Å². The van der Waals surface area contributed by atoms with Gasteiger partial charge in [0.2, 0.25) is 0 Å². The summed E-state index contributed by atoms with van der Waals surface area (Å²) in [6.07, 6.45) is 4.88. The van der Waals surface area contributed by atoms with Crippen molar-refractivity contribution < 1.29 is 9.90 Å². The minimum Gasteiger partial charge on any atom is -0.508 e. The number of hydrogen-bond donors (Lipinski definition) is 2. The number of nitrogens with one attached hydrogen (secondary N) is 1. The highest BCUT2D eigenvalue weighted by Gasteiger charge is 2.36. The van der Waals surface area contributed by atoms with Crippen LogP contribution in [0.25, 0.3) is 0 Å². The van der Waals surface area contributed by atoms with E-state index < -0.39 is 0 Å². The van der Waals surface area contributed by atoms with Crippen LogP contribution in [0.1, 0.15) is 35.6 Å². The van der Waals surface area contributed by atoms with Gasteiger partial charge in [-0.1, -0.05) is 54.6 Å². The Morgan fingerprint density at radius 1 is 1.06 bits per heavy atom. The van der Waals surface area contributed by atoms with E-state index in [1.807, 2.05) is 30.3 Å². The van der Waals surface area contributed by atoms with Crippen molar-refractivity contribution in [3.8, 4) is 5.75 Å². The highest BCUT2D eigenvalue weighted by Crippen LogP contribution is 2.36. The monoisotopic (exact) mass is 441 g/mol. The second-order valence-electron chi connectivity index (χ2n) is 8.57. The summed E-state index contributed by atoms with van der Waals surface area (Å²) in [5, 5.41) is 19.8. The fourth-order valence-corrected chi connectivity index (χ4v) is 4.59. The van der Waals surface area contributed by atoms with Crippen LogP contribution >= 0.6 is 0 Å². The minimum atomic E-state index is -0.372. The number of urea groups is 1. The van der Waals surface area contributed by atoms with Gasteiger partial charge >= 0.3 is 6.03 Å². The molecule has 1 aromatic heterocycles. The molecule has 33 heavy (non-hydrogen) atoms. The van der Waals surface area contributed by atoms with Gasteiger partial charge in [0.1, 0.15) is 5.75 Å². The topological polar surface area (TPSA) is 81.1 Å². The Hall–Kier alpha value is -3.71. The lowest BCUT2D eigenvalue weighted by Gasteiger charge is -2.25. The van der Waals surface area contributed by atoms with Crippen molar-refractivity contribution >= 4 is 11.7 Å². The predicted octanol–water partition coefficient (Wildman–Crippen LogP) is 3.92. The number of para-hydroxylation sites is 1. The number of pyridine rings is 1. The Bertz CT molecular complexity index is 1140. The lowest BCUT2D eigenvalue weighted by Crippen LogP contribution is -2.43. The number of aromatic hydroxyl groups is 1. The average Bonchev–Trinajstić information content (AvgIpc) is 3.48. The van der Waals surface area contributed by atoms with E-state index in [2.05, 4.69) is 44.6 Å². The second-order valence-corrected chi connectivity index (χ2v) is 8.57. The Balaban J connectivity index is 1.31. The van der Waals surface area contributed by atoms with Crippen LogP contribution in [0.2, 0.25) is 0 Å². The molecule has 7 heteroatoms. The van der Waals surface area contributed by atoms with Crippen molar-refractivity contribution in [1.82, 2.24) is 20.2 Å². The van der Waals surface area contributed by atoms with E-state index in [9.17, 15) is 9.90 Å². The molecule has 5 rings (SSSR count). The molecule has 7 nitrogen and oxygen atoms in total. The minimum absolute atomic E-state index is 0.0591. The number of likely N-dealkylation sites (tertiary alicyclic amines) is 1. The number of aromatic nitrogens is 1. The third-order valence-electron chi connectivity index (χ3n) is 6.26. The molecule has 2 N–H and O–H groups in total. The number of rotatable bonds is 5. The van der Waals surface area contributed by atoms with E-state index in [0.29, 0.717) is 12.0 Å². The summed E-state index contributed by atoms with van der Waals surface area (Å²) >= 11 is 0. The first-order chi connectivity index (χ1) is 16.2. The molecule has 0 radical (unpaired) electrons. The van der Waals surface area contributed by atoms with Crippen LogP contribution in [0.5, 0.6) is 5.75 Å². The maximum Gasteiger partial charge on any atom is 0.338 e. The van der Waals surface area contributed by atoms with Gasteiger partial charge < -0.3 is 10.4 Å². The summed E-state index contributed by atoms with van der Waals surface area (Å²) < 4.78 is 0. The van der Waals surface area contributed by atoms with Gasteiger partial charge in [-0.05, 0) is 24.1 Å². The third kappa shape index (κ3) is 4.73. The smallest absolute Gasteiger partial charge is 0.338 e. The molecule has 2 aliphatic heterocycles. The number of hydrazone groups is 1. The molecule has 1 fully saturated rings. The molecule has 0 bridgehead atoms. The molecular weight excluding hydrogens is 414 g/mol. The zero-order chi connectivity index (χ0) is 22.6. The van der Waals surface area contributed by atoms with Crippen molar-refractivity contribution in [2.24, 2.45) is 5.10 Å². The van der Waals surface area contributed by atoms with Gasteiger partial charge in [-0.15, -0.1) is 0 Å². The molecule has 2 atom stereocenters. The van der Waals surface area contributed by atoms with E-state index in [4.69, 9.17) is 0 Å². The fourth-order valence-electron chi connectivity index (χ4n) is 4.59. The van der Waals surface area contributed by atoms with E-state index in [1.54, 1.807) is 24.5 Å². The average molecular weight is 442 g/mol. The van der Waals surface area contributed by atoms with Gasteiger partial charge in [0.25, 0.3) is 0 Å². The Morgan fingerprint density at radius 2 is 1.88 bits per heavy atom. The van der Waals surface area contributed by atoms with Crippen LogP contribution in [-0.4, -0.2) is 50.9 Å². The zero-order valence-corrected chi connectivity index (χ0v) is 18.3. The molecule has 3 aromatic rings. The SMILES string of the molecule is O=C(N[C@H]1CCN(Cc2ccccc2)C1)N1N=C(c2cccnc2)CC1c1ccccc1O. The second kappa shape index (κ2) is 9.42. The standard InChI is InChI=1S/C26H27N5O2/c32-25-11-5-4-10-22(25)24-15-23(20-9-6-13-27-16-20)29-31(24)26(33)28-21-12-14-30(18-21)17-19-7-2-1-3-8-19/h1-11,13,16,21,24,32H,12,14-15,17-18H2,(H,28,33)/t21-,24?/m0/s1. The van der Waals surface area contributed by atoms with Gasteiger partial charge in [-0.2, -0.15) is 5.10 Å². The molecule has 2 aromatic carbocycles. The zero-order valence-electron chi connectivity index (χ0n) is 18.3. The Morgan fingerprint density at radius 3 is 2.67 bits per heavy atom. The summed E-state index contributed by atoms with van der Waals surface area (Å²) in [5.74, 6) is 0.165. The summed E-state index contributed by atoms with van der Waals surface area (Å²) in [7, 11) is 0. The highest BCUT2D eigenvalue weighted by molar-refractivity contribution is 6.02. The largest absolute Gasteiger partial charge is 0.508 e. The Labute approximate surface area is 193 Å². The van der Waals surface area contributed by atoms with E-state index in [0.717, 1.165) is 37.3 Å². The fraction of sp³-hybridized carbons (Fsp3) is 0.269. The number of phenolic OH excluding ortho intramolecular Hbond substituents is 1. The summed E-state index contributed by atoms with van der Waals surface area (Å²) in [5.41, 5.74) is 3.62. The lowest BCUT2D eigenvalue weighted by atomic mass is 9.98. The quantitative estimate of drug-likeness (QED) is 0.629. The third-order valence-corrected chi connectivity index (χ3v) is 6.26. The summed E-state index contributed by atoms with van der Waals surface area (Å²) in [6, 6.07) is 20.8. The number of phenols is 1. The van der Waals surface area contributed by atoms with Crippen LogP contribution in [0.15, 0.2) is 84.2 Å². The van der Waals surface area contributed by atoms with E-state index in [-0.39, 0.29) is 23.9 Å². The van der Waals surface area contributed by atoms with E-state index in [1.165, 1.54) is 10.6 Å². The van der Waals surface area contributed by atoms with Crippen LogP contribution < -0.4 is 5.32 Å². The number of carbonyl (C=O) groups is 1. The van der Waals surface area contributed by atoms with Gasteiger partial charge in [-0.25, -0.2) is 9.80 Å². The van der Waals surface area contributed by atoms with Gasteiger partial charge in [0.15, 0.2) is 0 Å². The lowest BCUT2D eigenvalue weighted by molar-refractivity contribution is 0.181. The molecule has 2 aliphatic rings. The molecule has 3 heterocycles. The maximum absolute atomic E-state index is 13.3. The number of benzene rings is 2. The van der Waals surface area contributed by atoms with Gasteiger partial charge in [0.05, 0.1) is 11.8 Å². The van der Waals surface area contributed by atoms with Gasteiger partial charge in [0, 0.05) is 55.6 Å². The van der Waals surface area contributed by atoms with Crippen LogP contribution in [0, 0.1) is 0 Å². The Kier molecular flexibility index (Phi) is 6.04. The summed E-state index contributed by atoms with van der Waals surface area (Å²) in [4.78, 5) is 19.9. The van der Waals surface area contributed by atoms with Crippen LogP contribution in [0.3, 0.4) is 0 Å². The molecule has 1 saturated heterocycles. The maximum atomic E-state index is 13.3. The van der Waals surface area contributed by atoms with Crippen LogP contribution in [0.4, 0.5) is 4.79 Å². The highest BCUT2D eigenvalue weighted by atomic mass is 16.3. The molecule has 0 saturated carbocycles. The molecule has 0 spiro atoms. The molecule has 2 amide bonds. The normalized spacial score (nSPS) is 20.6. The number of nitrogens with zero attached hydrogens (tertiary/aromatic N) is 4. The molecule has 1 unspecified atom stereocenters. The van der Waals surface area contributed by atoms with Gasteiger partial charge in [-0.3, -0.25) is 9.88 Å². The first-order valence-electron chi connectivity index (χ1n) is 11.3. The van der Waals surface area contributed by atoms with E-state index >= 15 is 0 Å². The molecular formula is C26H27N5O2. The number of carbonyl (C=O) groups excluding carboxylic acids is 1.